The van der Waals surface area contributed by atoms with Crippen molar-refractivity contribution in [3.05, 3.63) is 0 Å². The Bertz CT molecular complexity index is 226. The predicted octanol–water partition coefficient (Wildman–Crippen LogP) is 1.01. The van der Waals surface area contributed by atoms with Crippen LogP contribution in [0.1, 0.15) is 45.4 Å². The summed E-state index contributed by atoms with van der Waals surface area (Å²) in [6, 6.07) is 0. The molecule has 0 aromatic carbocycles. The number of piperidine rings is 1. The average molecular weight is 212 g/mol. The third-order valence-corrected chi connectivity index (χ3v) is 4.32. The topological polar surface area (TPSA) is 58.3 Å². The predicted molar refractivity (Wildman–Crippen MR) is 61.6 cm³/mol. The molecule has 0 aromatic rings. The molecule has 2 fully saturated rings. The molecule has 4 N–H and O–H groups in total. The van der Waals surface area contributed by atoms with Crippen molar-refractivity contribution in [1.29, 1.82) is 0 Å². The Balaban J connectivity index is 2.11. The summed E-state index contributed by atoms with van der Waals surface area (Å²) in [6.45, 7) is 4.05. The van der Waals surface area contributed by atoms with Crippen LogP contribution < -0.4 is 11.1 Å². The first-order chi connectivity index (χ1) is 7.06. The molecule has 15 heavy (non-hydrogen) atoms. The Hall–Kier alpha value is -0.120. The minimum atomic E-state index is -0.627. The van der Waals surface area contributed by atoms with E-state index in [0.717, 1.165) is 45.2 Å². The SMILES string of the molecule is CC1CCCC(O)(C2(N)CCCNC2)C1. The first-order valence-electron chi connectivity index (χ1n) is 6.28. The van der Waals surface area contributed by atoms with Crippen molar-refractivity contribution in [2.24, 2.45) is 11.7 Å². The van der Waals surface area contributed by atoms with Crippen molar-refractivity contribution in [2.75, 3.05) is 13.1 Å². The molecule has 1 aliphatic carbocycles. The van der Waals surface area contributed by atoms with Crippen LogP contribution in [-0.2, 0) is 0 Å². The number of nitrogens with one attached hydrogen (secondary N) is 1. The number of rotatable bonds is 1. The number of hydrogen-bond acceptors (Lipinski definition) is 3. The van der Waals surface area contributed by atoms with Crippen LogP contribution in [0.4, 0.5) is 0 Å². The zero-order valence-corrected chi connectivity index (χ0v) is 9.76. The summed E-state index contributed by atoms with van der Waals surface area (Å²) < 4.78 is 0. The van der Waals surface area contributed by atoms with E-state index in [-0.39, 0.29) is 5.54 Å². The smallest absolute Gasteiger partial charge is 0.0841 e. The van der Waals surface area contributed by atoms with Gasteiger partial charge in [0, 0.05) is 6.54 Å². The van der Waals surface area contributed by atoms with Gasteiger partial charge in [-0.15, -0.1) is 0 Å². The van der Waals surface area contributed by atoms with Crippen LogP contribution in [0.25, 0.3) is 0 Å². The third kappa shape index (κ3) is 2.05. The van der Waals surface area contributed by atoms with Gasteiger partial charge in [0.25, 0.3) is 0 Å². The molecule has 3 unspecified atom stereocenters. The molecule has 0 aromatic heterocycles. The maximum absolute atomic E-state index is 10.8. The zero-order valence-electron chi connectivity index (χ0n) is 9.76. The van der Waals surface area contributed by atoms with Gasteiger partial charge in [0.1, 0.15) is 0 Å². The van der Waals surface area contributed by atoms with Crippen LogP contribution >= 0.6 is 0 Å². The summed E-state index contributed by atoms with van der Waals surface area (Å²) in [4.78, 5) is 0. The summed E-state index contributed by atoms with van der Waals surface area (Å²) in [7, 11) is 0. The first kappa shape index (κ1) is 11.4. The summed E-state index contributed by atoms with van der Waals surface area (Å²) in [6.07, 6.45) is 6.18. The Morgan fingerprint density at radius 3 is 2.73 bits per heavy atom. The molecule has 3 atom stereocenters. The number of aliphatic hydroxyl groups is 1. The van der Waals surface area contributed by atoms with Gasteiger partial charge in [-0.3, -0.25) is 0 Å². The third-order valence-electron chi connectivity index (χ3n) is 4.32. The Labute approximate surface area is 92.4 Å². The molecule has 0 radical (unpaired) electrons. The summed E-state index contributed by atoms with van der Waals surface area (Å²) >= 11 is 0. The molecule has 3 heteroatoms. The summed E-state index contributed by atoms with van der Waals surface area (Å²) in [5, 5.41) is 14.1. The molecule has 1 heterocycles. The second-order valence-corrected chi connectivity index (χ2v) is 5.67. The molecule has 0 amide bonds. The molecule has 0 spiro atoms. The lowest BCUT2D eigenvalue weighted by Gasteiger charge is -2.50. The standard InChI is InChI=1S/C12H24N2O/c1-10-4-2-6-12(15,8-10)11(13)5-3-7-14-9-11/h10,14-15H,2-9,13H2,1H3. The van der Waals surface area contributed by atoms with Gasteiger partial charge in [-0.25, -0.2) is 0 Å². The fourth-order valence-corrected chi connectivity index (χ4v) is 3.30. The number of hydrogen-bond donors (Lipinski definition) is 3. The van der Waals surface area contributed by atoms with E-state index in [0.29, 0.717) is 5.92 Å². The van der Waals surface area contributed by atoms with Gasteiger partial charge in [-0.05, 0) is 38.1 Å². The fraction of sp³-hybridized carbons (Fsp3) is 1.00. The van der Waals surface area contributed by atoms with E-state index >= 15 is 0 Å². The van der Waals surface area contributed by atoms with E-state index in [9.17, 15) is 5.11 Å². The quantitative estimate of drug-likeness (QED) is 0.608. The summed E-state index contributed by atoms with van der Waals surface area (Å²) in [5.74, 6) is 0.617. The van der Waals surface area contributed by atoms with Gasteiger partial charge in [0.15, 0.2) is 0 Å². The lowest BCUT2D eigenvalue weighted by atomic mass is 9.65. The van der Waals surface area contributed by atoms with E-state index in [4.69, 9.17) is 5.73 Å². The van der Waals surface area contributed by atoms with Gasteiger partial charge in [-0.2, -0.15) is 0 Å². The van der Waals surface area contributed by atoms with Crippen molar-refractivity contribution in [3.63, 3.8) is 0 Å². The van der Waals surface area contributed by atoms with Gasteiger partial charge < -0.3 is 16.2 Å². The minimum Gasteiger partial charge on any atom is -0.388 e. The van der Waals surface area contributed by atoms with E-state index < -0.39 is 5.60 Å². The Morgan fingerprint density at radius 1 is 1.33 bits per heavy atom. The molecule has 3 nitrogen and oxygen atoms in total. The summed E-state index contributed by atoms with van der Waals surface area (Å²) in [5.41, 5.74) is 5.40. The van der Waals surface area contributed by atoms with Crippen molar-refractivity contribution in [2.45, 2.75) is 56.6 Å². The van der Waals surface area contributed by atoms with Crippen LogP contribution in [0.3, 0.4) is 0 Å². The monoisotopic (exact) mass is 212 g/mol. The maximum Gasteiger partial charge on any atom is 0.0841 e. The lowest BCUT2D eigenvalue weighted by molar-refractivity contribution is -0.0842. The Kier molecular flexibility index (Phi) is 3.06. The normalized spacial score (nSPS) is 47.8. The van der Waals surface area contributed by atoms with Gasteiger partial charge in [-0.1, -0.05) is 19.8 Å². The van der Waals surface area contributed by atoms with Crippen molar-refractivity contribution < 1.29 is 5.11 Å². The van der Waals surface area contributed by atoms with Gasteiger partial charge in [0.2, 0.25) is 0 Å². The molecular weight excluding hydrogens is 188 g/mol. The van der Waals surface area contributed by atoms with Crippen LogP contribution in [0.2, 0.25) is 0 Å². The lowest BCUT2D eigenvalue weighted by Crippen LogP contribution is -2.68. The molecule has 2 aliphatic rings. The van der Waals surface area contributed by atoms with E-state index in [1.54, 1.807) is 0 Å². The van der Waals surface area contributed by atoms with Crippen LogP contribution in [-0.4, -0.2) is 29.3 Å². The van der Waals surface area contributed by atoms with E-state index in [1.165, 1.54) is 6.42 Å². The molecular formula is C12H24N2O. The first-order valence-corrected chi connectivity index (χ1v) is 6.28. The molecule has 1 saturated carbocycles. The van der Waals surface area contributed by atoms with Crippen LogP contribution in [0.15, 0.2) is 0 Å². The average Bonchev–Trinajstić information content (AvgIpc) is 2.18. The molecule has 88 valence electrons. The highest BCUT2D eigenvalue weighted by atomic mass is 16.3. The van der Waals surface area contributed by atoms with Crippen molar-refractivity contribution in [3.8, 4) is 0 Å². The van der Waals surface area contributed by atoms with Crippen molar-refractivity contribution >= 4 is 0 Å². The highest BCUT2D eigenvalue weighted by Crippen LogP contribution is 2.40. The second kappa shape index (κ2) is 4.04. The molecule has 2 rings (SSSR count). The molecule has 1 aliphatic heterocycles. The van der Waals surface area contributed by atoms with E-state index in [1.807, 2.05) is 0 Å². The Morgan fingerprint density at radius 2 is 2.13 bits per heavy atom. The minimum absolute atomic E-state index is 0.389. The van der Waals surface area contributed by atoms with Crippen LogP contribution in [0, 0.1) is 5.92 Å². The molecule has 1 saturated heterocycles. The van der Waals surface area contributed by atoms with Crippen LogP contribution in [0.5, 0.6) is 0 Å². The fourth-order valence-electron chi connectivity index (χ4n) is 3.30. The van der Waals surface area contributed by atoms with Crippen molar-refractivity contribution in [1.82, 2.24) is 5.32 Å². The van der Waals surface area contributed by atoms with Gasteiger partial charge >= 0.3 is 0 Å². The van der Waals surface area contributed by atoms with Gasteiger partial charge in [0.05, 0.1) is 11.1 Å². The number of nitrogens with two attached hydrogens (primary N) is 1. The second-order valence-electron chi connectivity index (χ2n) is 5.67. The highest BCUT2D eigenvalue weighted by Gasteiger charge is 2.49. The largest absolute Gasteiger partial charge is 0.388 e. The highest BCUT2D eigenvalue weighted by molar-refractivity contribution is 5.08. The maximum atomic E-state index is 10.8. The zero-order chi connectivity index (χ0) is 10.9. The van der Waals surface area contributed by atoms with E-state index in [2.05, 4.69) is 12.2 Å². The molecule has 0 bridgehead atoms.